The van der Waals surface area contributed by atoms with Crippen LogP contribution in [0, 0.1) is 5.82 Å². The molecule has 0 unspecified atom stereocenters. The normalized spacial score (nSPS) is 22.5. The third kappa shape index (κ3) is 3.01. The number of anilines is 1. The number of benzene rings is 1. The average molecular weight is 282 g/mol. The quantitative estimate of drug-likeness (QED) is 0.906. The summed E-state index contributed by atoms with van der Waals surface area (Å²) in [6, 6.07) is 3.69. The Kier molecular flexibility index (Phi) is 4.44. The van der Waals surface area contributed by atoms with Gasteiger partial charge in [-0.25, -0.2) is 9.18 Å². The van der Waals surface area contributed by atoms with Gasteiger partial charge in [-0.05, 0) is 26.0 Å². The molecule has 2 rings (SSSR count). The van der Waals surface area contributed by atoms with E-state index in [4.69, 9.17) is 9.47 Å². The van der Waals surface area contributed by atoms with Crippen LogP contribution in [0.5, 0.6) is 5.75 Å². The average Bonchev–Trinajstić information content (AvgIpc) is 2.42. The van der Waals surface area contributed by atoms with Crippen molar-refractivity contribution in [2.45, 2.75) is 26.0 Å². The fourth-order valence-corrected chi connectivity index (χ4v) is 2.18. The second kappa shape index (κ2) is 6.09. The van der Waals surface area contributed by atoms with Crippen LogP contribution in [-0.2, 0) is 4.74 Å². The highest BCUT2D eigenvalue weighted by Crippen LogP contribution is 2.26. The first-order valence-electron chi connectivity index (χ1n) is 6.55. The molecule has 1 aliphatic rings. The smallest absolute Gasteiger partial charge is 0.322 e. The summed E-state index contributed by atoms with van der Waals surface area (Å²) in [4.78, 5) is 14.0. The van der Waals surface area contributed by atoms with Crippen molar-refractivity contribution >= 4 is 11.7 Å². The summed E-state index contributed by atoms with van der Waals surface area (Å²) in [5, 5.41) is 2.69. The Labute approximate surface area is 117 Å². The molecule has 5 nitrogen and oxygen atoms in total. The largest absolute Gasteiger partial charge is 0.495 e. The molecule has 0 radical (unpaired) electrons. The standard InChI is InChI=1S/C14H19FN2O3/c1-9-10(2)20-7-6-17(9)14(18)16-12-8-11(15)4-5-13(12)19-3/h4-5,8-10H,6-7H2,1-3H3,(H,16,18)/t9-,10-/m0/s1. The second-order valence-electron chi connectivity index (χ2n) is 4.78. The maximum Gasteiger partial charge on any atom is 0.322 e. The monoisotopic (exact) mass is 282 g/mol. The minimum Gasteiger partial charge on any atom is -0.495 e. The molecule has 1 aliphatic heterocycles. The molecule has 1 N–H and O–H groups in total. The van der Waals surface area contributed by atoms with Gasteiger partial charge in [0.15, 0.2) is 0 Å². The van der Waals surface area contributed by atoms with Crippen LogP contribution in [0.15, 0.2) is 18.2 Å². The van der Waals surface area contributed by atoms with E-state index in [0.717, 1.165) is 0 Å². The minimum atomic E-state index is -0.426. The maximum atomic E-state index is 13.3. The molecule has 0 saturated carbocycles. The summed E-state index contributed by atoms with van der Waals surface area (Å²) < 4.78 is 23.9. The van der Waals surface area contributed by atoms with E-state index < -0.39 is 5.82 Å². The van der Waals surface area contributed by atoms with E-state index in [0.29, 0.717) is 24.6 Å². The number of rotatable bonds is 2. The molecule has 6 heteroatoms. The highest BCUT2D eigenvalue weighted by Gasteiger charge is 2.29. The maximum absolute atomic E-state index is 13.3. The van der Waals surface area contributed by atoms with Gasteiger partial charge < -0.3 is 19.7 Å². The van der Waals surface area contributed by atoms with Gasteiger partial charge in [-0.2, -0.15) is 0 Å². The number of carbonyl (C=O) groups is 1. The number of hydrogen-bond acceptors (Lipinski definition) is 3. The first-order valence-corrected chi connectivity index (χ1v) is 6.55. The number of amides is 2. The molecule has 2 atom stereocenters. The zero-order chi connectivity index (χ0) is 14.7. The highest BCUT2D eigenvalue weighted by atomic mass is 19.1. The van der Waals surface area contributed by atoms with Gasteiger partial charge in [0.1, 0.15) is 11.6 Å². The fourth-order valence-electron chi connectivity index (χ4n) is 2.18. The van der Waals surface area contributed by atoms with E-state index in [1.54, 1.807) is 4.90 Å². The van der Waals surface area contributed by atoms with Crippen LogP contribution in [0.2, 0.25) is 0 Å². The molecular formula is C14H19FN2O3. The van der Waals surface area contributed by atoms with Crippen LogP contribution in [0.4, 0.5) is 14.9 Å². The number of nitrogens with one attached hydrogen (secondary N) is 1. The second-order valence-corrected chi connectivity index (χ2v) is 4.78. The van der Waals surface area contributed by atoms with E-state index in [9.17, 15) is 9.18 Å². The van der Waals surface area contributed by atoms with Gasteiger partial charge in [0.25, 0.3) is 0 Å². The van der Waals surface area contributed by atoms with Crippen molar-refractivity contribution in [1.29, 1.82) is 0 Å². The lowest BCUT2D eigenvalue weighted by Crippen LogP contribution is -2.52. The van der Waals surface area contributed by atoms with Gasteiger partial charge in [0, 0.05) is 12.6 Å². The number of halogens is 1. The van der Waals surface area contributed by atoms with Crippen molar-refractivity contribution in [1.82, 2.24) is 4.90 Å². The number of morpholine rings is 1. The lowest BCUT2D eigenvalue weighted by atomic mass is 10.1. The summed E-state index contributed by atoms with van der Waals surface area (Å²) in [6.07, 6.45) is -0.0242. The van der Waals surface area contributed by atoms with E-state index >= 15 is 0 Å². The van der Waals surface area contributed by atoms with Crippen molar-refractivity contribution in [3.8, 4) is 5.75 Å². The van der Waals surface area contributed by atoms with Gasteiger partial charge in [-0.1, -0.05) is 0 Å². The minimum absolute atomic E-state index is 0.0242. The van der Waals surface area contributed by atoms with E-state index in [1.807, 2.05) is 13.8 Å². The van der Waals surface area contributed by atoms with Crippen LogP contribution < -0.4 is 10.1 Å². The van der Waals surface area contributed by atoms with Crippen LogP contribution >= 0.6 is 0 Å². The highest BCUT2D eigenvalue weighted by molar-refractivity contribution is 5.91. The van der Waals surface area contributed by atoms with E-state index in [2.05, 4.69) is 5.32 Å². The molecular weight excluding hydrogens is 263 g/mol. The number of methoxy groups -OCH3 is 1. The number of ether oxygens (including phenoxy) is 2. The third-order valence-corrected chi connectivity index (χ3v) is 3.55. The SMILES string of the molecule is COc1ccc(F)cc1NC(=O)N1CCO[C@@H](C)[C@@H]1C. The lowest BCUT2D eigenvalue weighted by molar-refractivity contribution is -0.0355. The molecule has 1 aromatic carbocycles. The van der Waals surface area contributed by atoms with Gasteiger partial charge in [-0.15, -0.1) is 0 Å². The Morgan fingerprint density at radius 2 is 2.25 bits per heavy atom. The van der Waals surface area contributed by atoms with Crippen molar-refractivity contribution in [2.24, 2.45) is 0 Å². The molecule has 1 aromatic rings. The number of hydrogen-bond donors (Lipinski definition) is 1. The zero-order valence-electron chi connectivity index (χ0n) is 11.9. The number of urea groups is 1. The summed E-state index contributed by atoms with van der Waals surface area (Å²) in [6.45, 7) is 4.85. The zero-order valence-corrected chi connectivity index (χ0v) is 11.9. The Morgan fingerprint density at radius 3 is 2.95 bits per heavy atom. The molecule has 20 heavy (non-hydrogen) atoms. The van der Waals surface area contributed by atoms with Crippen LogP contribution in [-0.4, -0.2) is 43.3 Å². The first kappa shape index (κ1) is 14.6. The van der Waals surface area contributed by atoms with Crippen molar-refractivity contribution in [3.63, 3.8) is 0 Å². The first-order chi connectivity index (χ1) is 9.52. The molecule has 1 heterocycles. The van der Waals surface area contributed by atoms with Crippen molar-refractivity contribution in [3.05, 3.63) is 24.0 Å². The van der Waals surface area contributed by atoms with Crippen molar-refractivity contribution < 1.29 is 18.7 Å². The molecule has 0 bridgehead atoms. The van der Waals surface area contributed by atoms with Gasteiger partial charge >= 0.3 is 6.03 Å². The summed E-state index contributed by atoms with van der Waals surface area (Å²) >= 11 is 0. The number of nitrogens with zero attached hydrogens (tertiary/aromatic N) is 1. The molecule has 110 valence electrons. The molecule has 1 saturated heterocycles. The Bertz CT molecular complexity index is 495. The van der Waals surface area contributed by atoms with Gasteiger partial charge in [0.05, 0.1) is 31.5 Å². The predicted molar refractivity (Wildman–Crippen MR) is 73.6 cm³/mol. The van der Waals surface area contributed by atoms with E-state index in [1.165, 1.54) is 25.3 Å². The summed E-state index contributed by atoms with van der Waals surface area (Å²) in [5.41, 5.74) is 0.323. The van der Waals surface area contributed by atoms with Crippen LogP contribution in [0.3, 0.4) is 0 Å². The molecule has 1 fully saturated rings. The van der Waals surface area contributed by atoms with E-state index in [-0.39, 0.29) is 18.2 Å². The predicted octanol–water partition coefficient (Wildman–Crippen LogP) is 2.48. The third-order valence-electron chi connectivity index (χ3n) is 3.55. The van der Waals surface area contributed by atoms with Crippen LogP contribution in [0.25, 0.3) is 0 Å². The van der Waals surface area contributed by atoms with Gasteiger partial charge in [-0.3, -0.25) is 0 Å². The van der Waals surface area contributed by atoms with Gasteiger partial charge in [0.2, 0.25) is 0 Å². The van der Waals surface area contributed by atoms with Crippen LogP contribution in [0.1, 0.15) is 13.8 Å². The molecule has 0 aromatic heterocycles. The Hall–Kier alpha value is -1.82. The summed E-state index contributed by atoms with van der Waals surface area (Å²) in [5.74, 6) is -0.00166. The topological polar surface area (TPSA) is 50.8 Å². The van der Waals surface area contributed by atoms with Crippen molar-refractivity contribution in [2.75, 3.05) is 25.6 Å². The molecule has 0 aliphatic carbocycles. The Morgan fingerprint density at radius 1 is 1.50 bits per heavy atom. The molecule has 2 amide bonds. The fraction of sp³-hybridized carbons (Fsp3) is 0.500. The summed E-state index contributed by atoms with van der Waals surface area (Å²) in [7, 11) is 1.47. The lowest BCUT2D eigenvalue weighted by Gasteiger charge is -2.37. The Balaban J connectivity index is 2.13. The molecule has 0 spiro atoms. The number of carbonyl (C=O) groups excluding carboxylic acids is 1.